The first kappa shape index (κ1) is 13.2. The van der Waals surface area contributed by atoms with E-state index in [4.69, 9.17) is 0 Å². The molecule has 0 fully saturated rings. The quantitative estimate of drug-likeness (QED) is 0.739. The zero-order valence-electron chi connectivity index (χ0n) is 11.7. The van der Waals surface area contributed by atoms with Crippen LogP contribution in [0.1, 0.15) is 11.3 Å². The summed E-state index contributed by atoms with van der Waals surface area (Å²) in [5.41, 5.74) is 3.66. The predicted molar refractivity (Wildman–Crippen MR) is 82.0 cm³/mol. The summed E-state index contributed by atoms with van der Waals surface area (Å²) < 4.78 is 1.44. The molecule has 21 heavy (non-hydrogen) atoms. The maximum absolute atomic E-state index is 11.9. The lowest BCUT2D eigenvalue weighted by molar-refractivity contribution is 0.631. The summed E-state index contributed by atoms with van der Waals surface area (Å²) in [6.45, 7) is 2.42. The van der Waals surface area contributed by atoms with E-state index < -0.39 is 0 Å². The van der Waals surface area contributed by atoms with Crippen LogP contribution in [0, 0.1) is 6.92 Å². The van der Waals surface area contributed by atoms with Gasteiger partial charge in [0, 0.05) is 17.8 Å². The average Bonchev–Trinajstić information content (AvgIpc) is 2.51. The standard InChI is InChI=1S/C17H15N3O/c1-13-5-7-14(8-6-13)16-9-10-17(21)20(19-16)12-15-4-2-3-11-18-15/h2-11H,12H2,1H3. The fourth-order valence-corrected chi connectivity index (χ4v) is 2.09. The Bertz CT molecular complexity index is 792. The molecule has 3 aromatic rings. The lowest BCUT2D eigenvalue weighted by Gasteiger charge is -2.07. The van der Waals surface area contributed by atoms with Crippen LogP contribution >= 0.6 is 0 Å². The Kier molecular flexibility index (Phi) is 3.60. The molecule has 0 unspecified atom stereocenters. The molecule has 0 aliphatic carbocycles. The average molecular weight is 277 g/mol. The van der Waals surface area contributed by atoms with Gasteiger partial charge in [0.2, 0.25) is 0 Å². The van der Waals surface area contributed by atoms with Gasteiger partial charge in [-0.05, 0) is 25.1 Å². The van der Waals surface area contributed by atoms with E-state index in [1.54, 1.807) is 18.3 Å². The summed E-state index contributed by atoms with van der Waals surface area (Å²) in [5, 5.41) is 4.43. The molecule has 0 bridgehead atoms. The van der Waals surface area contributed by atoms with Gasteiger partial charge in [0.1, 0.15) is 0 Å². The van der Waals surface area contributed by atoms with Gasteiger partial charge < -0.3 is 0 Å². The van der Waals surface area contributed by atoms with Gasteiger partial charge >= 0.3 is 0 Å². The van der Waals surface area contributed by atoms with Crippen molar-refractivity contribution in [2.45, 2.75) is 13.5 Å². The van der Waals surface area contributed by atoms with Crippen molar-refractivity contribution in [1.29, 1.82) is 0 Å². The summed E-state index contributed by atoms with van der Waals surface area (Å²) in [5.74, 6) is 0. The van der Waals surface area contributed by atoms with Crippen molar-refractivity contribution >= 4 is 0 Å². The highest BCUT2D eigenvalue weighted by atomic mass is 16.1. The van der Waals surface area contributed by atoms with E-state index in [9.17, 15) is 4.79 Å². The highest BCUT2D eigenvalue weighted by Gasteiger charge is 2.04. The van der Waals surface area contributed by atoms with Crippen molar-refractivity contribution in [3.8, 4) is 11.3 Å². The summed E-state index contributed by atoms with van der Waals surface area (Å²) in [6.07, 6.45) is 1.71. The molecule has 0 aliphatic heterocycles. The molecule has 0 radical (unpaired) electrons. The van der Waals surface area contributed by atoms with E-state index in [2.05, 4.69) is 10.1 Å². The second-order valence-electron chi connectivity index (χ2n) is 4.90. The minimum absolute atomic E-state index is 0.128. The van der Waals surface area contributed by atoms with Crippen molar-refractivity contribution in [2.75, 3.05) is 0 Å². The molecule has 4 heteroatoms. The fraction of sp³-hybridized carbons (Fsp3) is 0.118. The summed E-state index contributed by atoms with van der Waals surface area (Å²) in [6, 6.07) is 17.0. The first-order valence-electron chi connectivity index (χ1n) is 6.77. The third kappa shape index (κ3) is 3.05. The van der Waals surface area contributed by atoms with Crippen LogP contribution in [0.15, 0.2) is 65.6 Å². The highest BCUT2D eigenvalue weighted by molar-refractivity contribution is 5.58. The molecule has 1 aromatic carbocycles. The van der Waals surface area contributed by atoms with Gasteiger partial charge in [-0.15, -0.1) is 0 Å². The number of hydrogen-bond donors (Lipinski definition) is 0. The first-order chi connectivity index (χ1) is 10.2. The Hall–Kier alpha value is -2.75. The van der Waals surface area contributed by atoms with Crippen molar-refractivity contribution in [3.05, 3.63) is 82.4 Å². The van der Waals surface area contributed by atoms with Crippen LogP contribution in [0.3, 0.4) is 0 Å². The van der Waals surface area contributed by atoms with Crippen LogP contribution in [-0.2, 0) is 6.54 Å². The number of hydrogen-bond acceptors (Lipinski definition) is 3. The van der Waals surface area contributed by atoms with E-state index >= 15 is 0 Å². The molecule has 0 spiro atoms. The molecule has 2 aromatic heterocycles. The van der Waals surface area contributed by atoms with E-state index in [0.29, 0.717) is 6.54 Å². The number of benzene rings is 1. The molecule has 0 atom stereocenters. The van der Waals surface area contributed by atoms with Crippen LogP contribution in [0.2, 0.25) is 0 Å². The number of aromatic nitrogens is 3. The molecule has 2 heterocycles. The lowest BCUT2D eigenvalue weighted by atomic mass is 10.1. The number of nitrogens with zero attached hydrogens (tertiary/aromatic N) is 3. The number of rotatable bonds is 3. The lowest BCUT2D eigenvalue weighted by Crippen LogP contribution is -2.23. The highest BCUT2D eigenvalue weighted by Crippen LogP contribution is 2.15. The van der Waals surface area contributed by atoms with Gasteiger partial charge in [-0.2, -0.15) is 5.10 Å². The number of aryl methyl sites for hydroxylation is 1. The van der Waals surface area contributed by atoms with E-state index in [0.717, 1.165) is 17.0 Å². The maximum atomic E-state index is 11.9. The SMILES string of the molecule is Cc1ccc(-c2ccc(=O)n(Cc3ccccn3)n2)cc1. The van der Waals surface area contributed by atoms with Crippen LogP contribution in [0.25, 0.3) is 11.3 Å². The van der Waals surface area contributed by atoms with Crippen LogP contribution in [0.5, 0.6) is 0 Å². The zero-order valence-corrected chi connectivity index (χ0v) is 11.7. The molecule has 0 saturated carbocycles. The third-order valence-electron chi connectivity index (χ3n) is 3.25. The topological polar surface area (TPSA) is 47.8 Å². The van der Waals surface area contributed by atoms with E-state index in [-0.39, 0.29) is 5.56 Å². The van der Waals surface area contributed by atoms with Crippen molar-refractivity contribution < 1.29 is 0 Å². The minimum atomic E-state index is -0.128. The summed E-state index contributed by atoms with van der Waals surface area (Å²) >= 11 is 0. The van der Waals surface area contributed by atoms with Crippen molar-refractivity contribution in [2.24, 2.45) is 0 Å². The maximum Gasteiger partial charge on any atom is 0.267 e. The van der Waals surface area contributed by atoms with Gasteiger partial charge in [-0.1, -0.05) is 35.9 Å². The predicted octanol–water partition coefficient (Wildman–Crippen LogP) is 2.66. The molecule has 0 N–H and O–H groups in total. The van der Waals surface area contributed by atoms with Crippen LogP contribution in [0.4, 0.5) is 0 Å². The minimum Gasteiger partial charge on any atom is -0.268 e. The zero-order chi connectivity index (χ0) is 14.7. The fourth-order valence-electron chi connectivity index (χ4n) is 2.09. The van der Waals surface area contributed by atoms with Gasteiger partial charge in [-0.3, -0.25) is 9.78 Å². The van der Waals surface area contributed by atoms with Gasteiger partial charge in [0.25, 0.3) is 5.56 Å². The number of pyridine rings is 1. The third-order valence-corrected chi connectivity index (χ3v) is 3.25. The Morgan fingerprint density at radius 2 is 1.81 bits per heavy atom. The second kappa shape index (κ2) is 5.71. The molecular formula is C17H15N3O. The summed E-state index contributed by atoms with van der Waals surface area (Å²) in [7, 11) is 0. The Labute approximate surface area is 122 Å². The van der Waals surface area contributed by atoms with Crippen LogP contribution in [-0.4, -0.2) is 14.8 Å². The largest absolute Gasteiger partial charge is 0.268 e. The van der Waals surface area contributed by atoms with Crippen molar-refractivity contribution in [3.63, 3.8) is 0 Å². The Morgan fingerprint density at radius 1 is 1.00 bits per heavy atom. The van der Waals surface area contributed by atoms with Crippen molar-refractivity contribution in [1.82, 2.24) is 14.8 Å². The molecule has 0 aliphatic rings. The molecule has 0 amide bonds. The van der Waals surface area contributed by atoms with E-state index in [1.165, 1.54) is 10.2 Å². The van der Waals surface area contributed by atoms with Crippen LogP contribution < -0.4 is 5.56 Å². The summed E-state index contributed by atoms with van der Waals surface area (Å²) in [4.78, 5) is 16.2. The molecule has 0 saturated heterocycles. The monoisotopic (exact) mass is 277 g/mol. The molecular weight excluding hydrogens is 262 g/mol. The van der Waals surface area contributed by atoms with Gasteiger partial charge in [-0.25, -0.2) is 4.68 Å². The van der Waals surface area contributed by atoms with E-state index in [1.807, 2.05) is 49.4 Å². The molecule has 4 nitrogen and oxygen atoms in total. The first-order valence-corrected chi connectivity index (χ1v) is 6.77. The molecule has 3 rings (SSSR count). The second-order valence-corrected chi connectivity index (χ2v) is 4.90. The Balaban J connectivity index is 1.96. The van der Waals surface area contributed by atoms with Gasteiger partial charge in [0.15, 0.2) is 0 Å². The smallest absolute Gasteiger partial charge is 0.267 e. The Morgan fingerprint density at radius 3 is 2.52 bits per heavy atom. The molecule has 104 valence electrons. The van der Waals surface area contributed by atoms with Gasteiger partial charge in [0.05, 0.1) is 17.9 Å². The normalized spacial score (nSPS) is 10.5.